The molecule has 3 saturated heterocycles. The highest BCUT2D eigenvalue weighted by molar-refractivity contribution is 7.10. The van der Waals surface area contributed by atoms with Crippen molar-refractivity contribution in [3.63, 3.8) is 0 Å². The summed E-state index contributed by atoms with van der Waals surface area (Å²) in [6.45, 7) is 2.42. The van der Waals surface area contributed by atoms with Crippen LogP contribution in [0, 0.1) is 5.92 Å². The Kier molecular flexibility index (Phi) is 5.53. The molecule has 3 atom stereocenters. The van der Waals surface area contributed by atoms with Crippen LogP contribution in [0.25, 0.3) is 0 Å². The van der Waals surface area contributed by atoms with E-state index in [2.05, 4.69) is 89.0 Å². The minimum absolute atomic E-state index is 0.386. The van der Waals surface area contributed by atoms with E-state index in [4.69, 9.17) is 4.74 Å². The number of hydrogen-bond acceptors (Lipinski definition) is 4. The summed E-state index contributed by atoms with van der Waals surface area (Å²) in [5.41, 5.74) is 2.62. The molecule has 3 nitrogen and oxygen atoms in total. The zero-order valence-electron chi connectivity index (χ0n) is 17.8. The molecule has 0 amide bonds. The molecule has 1 aromatic heterocycles. The van der Waals surface area contributed by atoms with E-state index in [0.29, 0.717) is 23.9 Å². The smallest absolute Gasteiger partial charge is 0.142 e. The van der Waals surface area contributed by atoms with E-state index in [1.807, 2.05) is 11.3 Å². The lowest BCUT2D eigenvalue weighted by Crippen LogP contribution is -2.65. The van der Waals surface area contributed by atoms with Crippen molar-refractivity contribution in [2.75, 3.05) is 32.1 Å². The largest absolute Gasteiger partial charge is 0.495 e. The molecule has 0 aliphatic carbocycles. The van der Waals surface area contributed by atoms with Gasteiger partial charge in [0.05, 0.1) is 12.8 Å². The molecule has 30 heavy (non-hydrogen) atoms. The molecule has 0 radical (unpaired) electrons. The second-order valence-corrected chi connectivity index (χ2v) is 9.52. The van der Waals surface area contributed by atoms with Gasteiger partial charge in [0.15, 0.2) is 0 Å². The molecule has 0 saturated carbocycles. The monoisotopic (exact) mass is 418 g/mol. The van der Waals surface area contributed by atoms with Crippen molar-refractivity contribution >= 4 is 17.0 Å². The Morgan fingerprint density at radius 3 is 2.40 bits per heavy atom. The summed E-state index contributed by atoms with van der Waals surface area (Å²) >= 11 is 1.89. The average Bonchev–Trinajstić information content (AvgIpc) is 3.34. The van der Waals surface area contributed by atoms with Crippen LogP contribution in [0.15, 0.2) is 72.1 Å². The molecule has 0 N–H and O–H groups in total. The van der Waals surface area contributed by atoms with Gasteiger partial charge in [0.2, 0.25) is 0 Å². The predicted molar refractivity (Wildman–Crippen MR) is 126 cm³/mol. The van der Waals surface area contributed by atoms with Gasteiger partial charge in [0.1, 0.15) is 5.75 Å². The molecular weight excluding hydrogens is 388 g/mol. The van der Waals surface area contributed by atoms with Gasteiger partial charge in [-0.25, -0.2) is 0 Å². The Bertz CT molecular complexity index is 950. The molecule has 0 spiro atoms. The Morgan fingerprint density at radius 1 is 0.967 bits per heavy atom. The van der Waals surface area contributed by atoms with Crippen molar-refractivity contribution < 1.29 is 4.74 Å². The summed E-state index contributed by atoms with van der Waals surface area (Å²) in [7, 11) is 4.05. The lowest BCUT2D eigenvalue weighted by molar-refractivity contribution is 0.0190. The van der Waals surface area contributed by atoms with Crippen LogP contribution in [0.3, 0.4) is 0 Å². The highest BCUT2D eigenvalue weighted by Gasteiger charge is 2.48. The second-order valence-electron chi connectivity index (χ2n) is 8.54. The number of anilines is 1. The highest BCUT2D eigenvalue weighted by Crippen LogP contribution is 2.46. The molecule has 4 heteroatoms. The quantitative estimate of drug-likeness (QED) is 0.527. The number of rotatable bonds is 6. The van der Waals surface area contributed by atoms with Crippen LogP contribution in [0.4, 0.5) is 5.69 Å². The topological polar surface area (TPSA) is 15.7 Å². The fraction of sp³-hybridized carbons (Fsp3) is 0.385. The number of fused-ring (bicyclic) bond motifs is 3. The maximum absolute atomic E-state index is 5.74. The van der Waals surface area contributed by atoms with Crippen molar-refractivity contribution in [2.45, 2.75) is 30.8 Å². The fourth-order valence-corrected chi connectivity index (χ4v) is 6.64. The maximum atomic E-state index is 5.74. The standard InChI is InChI=1S/C26H30N2OS/c1-27(21-11-6-7-12-22(21)29-2)25-20-14-16-28(17-15-20)26(25)24(23-13-8-18-30-23)19-9-4-3-5-10-19/h3-13,18,20,24-26H,14-17H2,1-2H3/t24-,25+,26+/m0/s1. The summed E-state index contributed by atoms with van der Waals surface area (Å²) in [6, 6.07) is 25.0. The van der Waals surface area contributed by atoms with E-state index in [0.717, 1.165) is 5.75 Å². The number of piperidine rings is 3. The van der Waals surface area contributed by atoms with Gasteiger partial charge in [-0.2, -0.15) is 0 Å². The second kappa shape index (κ2) is 8.44. The number of hydrogen-bond donors (Lipinski definition) is 0. The van der Waals surface area contributed by atoms with E-state index < -0.39 is 0 Å². The molecule has 2 aromatic carbocycles. The van der Waals surface area contributed by atoms with Gasteiger partial charge in [0, 0.05) is 29.9 Å². The summed E-state index contributed by atoms with van der Waals surface area (Å²) in [5.74, 6) is 2.06. The van der Waals surface area contributed by atoms with Crippen LogP contribution in [0.2, 0.25) is 0 Å². The number of methoxy groups -OCH3 is 1. The number of benzene rings is 2. The van der Waals surface area contributed by atoms with Crippen LogP contribution >= 0.6 is 11.3 Å². The Balaban J connectivity index is 1.60. The van der Waals surface area contributed by atoms with Crippen LogP contribution in [0.5, 0.6) is 5.75 Å². The van der Waals surface area contributed by atoms with Gasteiger partial charge in [-0.3, -0.25) is 4.90 Å². The van der Waals surface area contributed by atoms with Gasteiger partial charge in [0.25, 0.3) is 0 Å². The third-order valence-electron chi connectivity index (χ3n) is 7.09. The summed E-state index contributed by atoms with van der Waals surface area (Å²) in [5, 5.41) is 2.22. The first-order chi connectivity index (χ1) is 14.8. The number of thiophene rings is 1. The van der Waals surface area contributed by atoms with Gasteiger partial charge < -0.3 is 9.64 Å². The van der Waals surface area contributed by atoms with Crippen molar-refractivity contribution in [3.05, 3.63) is 82.6 Å². The zero-order valence-corrected chi connectivity index (χ0v) is 18.6. The molecule has 3 aliphatic heterocycles. The number of likely N-dealkylation sites (N-methyl/N-ethyl adjacent to an activating group) is 1. The van der Waals surface area contributed by atoms with Crippen molar-refractivity contribution in [3.8, 4) is 5.75 Å². The van der Waals surface area contributed by atoms with E-state index in [9.17, 15) is 0 Å². The molecule has 156 valence electrons. The first kappa shape index (κ1) is 19.7. The first-order valence-corrected chi connectivity index (χ1v) is 11.8. The van der Waals surface area contributed by atoms with Crippen LogP contribution in [0.1, 0.15) is 29.2 Å². The zero-order chi connectivity index (χ0) is 20.5. The average molecular weight is 419 g/mol. The molecule has 0 unspecified atom stereocenters. The van der Waals surface area contributed by atoms with Crippen molar-refractivity contribution in [1.82, 2.24) is 4.90 Å². The van der Waals surface area contributed by atoms with E-state index >= 15 is 0 Å². The Labute approximate surface area is 183 Å². The van der Waals surface area contributed by atoms with Gasteiger partial charge in [-0.05, 0) is 61.0 Å². The van der Waals surface area contributed by atoms with Gasteiger partial charge >= 0.3 is 0 Å². The van der Waals surface area contributed by atoms with Crippen LogP contribution < -0.4 is 9.64 Å². The molecule has 6 rings (SSSR count). The minimum atomic E-state index is 0.386. The SMILES string of the molecule is COc1ccccc1N(C)[C@@H]1C2CCN(CC2)[C@@H]1[C@@H](c1ccccc1)c1cccs1. The molecular formula is C26H30N2OS. The summed E-state index contributed by atoms with van der Waals surface area (Å²) in [6.07, 6.45) is 2.57. The van der Waals surface area contributed by atoms with Crippen LogP contribution in [-0.4, -0.2) is 44.2 Å². The number of ether oxygens (including phenoxy) is 1. The van der Waals surface area contributed by atoms with Crippen molar-refractivity contribution in [2.24, 2.45) is 5.92 Å². The van der Waals surface area contributed by atoms with E-state index in [-0.39, 0.29) is 0 Å². The molecule has 3 aliphatic rings. The lowest BCUT2D eigenvalue weighted by Gasteiger charge is -2.56. The van der Waals surface area contributed by atoms with Gasteiger partial charge in [-0.1, -0.05) is 48.5 Å². The predicted octanol–water partition coefficient (Wildman–Crippen LogP) is 5.49. The third-order valence-corrected chi connectivity index (χ3v) is 8.05. The van der Waals surface area contributed by atoms with Crippen molar-refractivity contribution in [1.29, 1.82) is 0 Å². The number of para-hydroxylation sites is 2. The highest BCUT2D eigenvalue weighted by atomic mass is 32.1. The first-order valence-electron chi connectivity index (χ1n) is 11.0. The Hall–Kier alpha value is -2.30. The summed E-state index contributed by atoms with van der Waals surface area (Å²) < 4.78 is 5.74. The van der Waals surface area contributed by atoms with Crippen LogP contribution in [-0.2, 0) is 0 Å². The lowest BCUT2D eigenvalue weighted by atomic mass is 9.71. The molecule has 2 bridgehead atoms. The molecule has 3 fully saturated rings. The van der Waals surface area contributed by atoms with E-state index in [1.54, 1.807) is 7.11 Å². The Morgan fingerprint density at radius 2 is 1.70 bits per heavy atom. The third kappa shape index (κ3) is 3.42. The maximum Gasteiger partial charge on any atom is 0.142 e. The fourth-order valence-electron chi connectivity index (χ4n) is 5.75. The normalized spacial score (nSPS) is 26.3. The molecule has 3 aromatic rings. The minimum Gasteiger partial charge on any atom is -0.495 e. The van der Waals surface area contributed by atoms with Gasteiger partial charge in [-0.15, -0.1) is 11.3 Å². The molecule has 4 heterocycles. The number of nitrogens with zero attached hydrogens (tertiary/aromatic N) is 2. The summed E-state index contributed by atoms with van der Waals surface area (Å²) in [4.78, 5) is 6.74. The van der Waals surface area contributed by atoms with E-state index in [1.165, 1.54) is 42.1 Å².